The molecule has 2 aromatic rings. The smallest absolute Gasteiger partial charge is 0.261 e. The summed E-state index contributed by atoms with van der Waals surface area (Å²) in [6, 6.07) is 3.77. The number of hydrogen-bond acceptors (Lipinski definition) is 4. The molecule has 166 valence electrons. The molecule has 7 heteroatoms. The third-order valence-corrected chi connectivity index (χ3v) is 5.71. The molecule has 1 aliphatic carbocycles. The van der Waals surface area contributed by atoms with Crippen molar-refractivity contribution in [2.24, 2.45) is 23.7 Å². The number of nitrogens with two attached hydrogens (primary N) is 1. The molecule has 0 spiro atoms. The lowest BCUT2D eigenvalue weighted by Gasteiger charge is -2.16. The zero-order chi connectivity index (χ0) is 23.4. The third kappa shape index (κ3) is 4.97. The molecule has 0 amide bonds. The maximum Gasteiger partial charge on any atom is 0.261 e. The minimum atomic E-state index is -0.117. The van der Waals surface area contributed by atoms with E-state index < -0.39 is 0 Å². The van der Waals surface area contributed by atoms with Gasteiger partial charge in [-0.15, -0.1) is 0 Å². The van der Waals surface area contributed by atoms with Crippen LogP contribution in [0.2, 0.25) is 0 Å². The average molecular weight is 451 g/mol. The van der Waals surface area contributed by atoms with Gasteiger partial charge in [0.2, 0.25) is 0 Å². The lowest BCUT2D eigenvalue weighted by molar-refractivity contribution is -0.104. The van der Waals surface area contributed by atoms with Gasteiger partial charge in [-0.1, -0.05) is 48.9 Å². The fraction of sp³-hybridized carbons (Fsp3) is 0.280. The second kappa shape index (κ2) is 9.92. The van der Waals surface area contributed by atoms with Crippen molar-refractivity contribution >= 4 is 40.2 Å². The van der Waals surface area contributed by atoms with Gasteiger partial charge in [0.1, 0.15) is 11.7 Å². The first-order valence-electron chi connectivity index (χ1n) is 10.4. The summed E-state index contributed by atoms with van der Waals surface area (Å²) in [4.78, 5) is 33.8. The Balaban J connectivity index is 2.11. The number of allylic oxidation sites excluding steroid dienone is 7. The number of rotatable bonds is 6. The molecular formula is C25H27ClN4O2. The van der Waals surface area contributed by atoms with Crippen LogP contribution in [0.4, 0.5) is 0 Å². The minimum Gasteiger partial charge on any atom is -0.383 e. The average Bonchev–Trinajstić information content (AvgIpc) is 2.78. The van der Waals surface area contributed by atoms with Gasteiger partial charge < -0.3 is 5.73 Å². The summed E-state index contributed by atoms with van der Waals surface area (Å²) in [5.74, 6) is 1.15. The fourth-order valence-electron chi connectivity index (χ4n) is 3.54. The second-order valence-electron chi connectivity index (χ2n) is 7.94. The maximum absolute atomic E-state index is 13.1. The Morgan fingerprint density at radius 1 is 1.41 bits per heavy atom. The van der Waals surface area contributed by atoms with Crippen LogP contribution in [0.15, 0.2) is 62.9 Å². The molecule has 0 bridgehead atoms. The highest BCUT2D eigenvalue weighted by atomic mass is 35.5. The van der Waals surface area contributed by atoms with Gasteiger partial charge in [-0.2, -0.15) is 0 Å². The summed E-state index contributed by atoms with van der Waals surface area (Å²) in [7, 11) is 1.74. The predicted molar refractivity (Wildman–Crippen MR) is 132 cm³/mol. The normalized spacial score (nSPS) is 17.6. The molecule has 1 unspecified atom stereocenters. The molecule has 3 rings (SSSR count). The van der Waals surface area contributed by atoms with Crippen molar-refractivity contribution < 1.29 is 4.79 Å². The molecule has 0 aliphatic heterocycles. The summed E-state index contributed by atoms with van der Waals surface area (Å²) < 4.78 is 1.58. The van der Waals surface area contributed by atoms with E-state index in [1.165, 1.54) is 6.08 Å². The Morgan fingerprint density at radius 2 is 2.16 bits per heavy atom. The molecule has 0 saturated carbocycles. The number of carbonyl (C=O) groups is 1. The monoisotopic (exact) mass is 450 g/mol. The highest BCUT2D eigenvalue weighted by molar-refractivity contribution is 6.32. The van der Waals surface area contributed by atoms with Gasteiger partial charge in [0, 0.05) is 23.2 Å². The van der Waals surface area contributed by atoms with E-state index in [-0.39, 0.29) is 23.5 Å². The van der Waals surface area contributed by atoms with Crippen molar-refractivity contribution in [1.29, 1.82) is 0 Å². The van der Waals surface area contributed by atoms with Gasteiger partial charge in [0.15, 0.2) is 6.29 Å². The number of hydrogen-bond donors (Lipinski definition) is 1. The number of fused-ring (bicyclic) bond motifs is 1. The predicted octanol–water partition coefficient (Wildman–Crippen LogP) is 4.35. The molecule has 2 N–H and O–H groups in total. The number of aliphatic imine (C=N–C) groups is 1. The van der Waals surface area contributed by atoms with Gasteiger partial charge >= 0.3 is 0 Å². The standard InChI is InChI=1S/C25H27ClN4O2/c1-5-20(26)12-19(14-31)23(27)28-13-18-10-16(3)11-21-22(18)29-24(30(4)25(21)32)17-8-6-15(2)7-9-17/h5-6,8-12,14-15H,7,13H2,1-4H3,(H2,27,28)/b19-12-,20-5+. The Kier molecular flexibility index (Phi) is 7.26. The molecule has 1 atom stereocenters. The van der Waals surface area contributed by atoms with Crippen LogP contribution in [0.1, 0.15) is 37.2 Å². The summed E-state index contributed by atoms with van der Waals surface area (Å²) >= 11 is 5.99. The Labute approximate surface area is 192 Å². The van der Waals surface area contributed by atoms with E-state index in [0.29, 0.717) is 34.0 Å². The molecule has 1 aromatic carbocycles. The SMILES string of the molecule is C/C=C(Cl)\C=C(\C=O)C(N)=NCc1cc(C)cc2c(=O)n(C)c(C3=CCC(C)C=C3)nc12. The fourth-order valence-corrected chi connectivity index (χ4v) is 3.66. The number of aldehydes is 1. The first-order valence-corrected chi connectivity index (χ1v) is 10.8. The van der Waals surface area contributed by atoms with Crippen LogP contribution in [0, 0.1) is 12.8 Å². The number of nitrogens with zero attached hydrogens (tertiary/aromatic N) is 3. The van der Waals surface area contributed by atoms with E-state index in [1.807, 2.05) is 25.1 Å². The molecule has 0 radical (unpaired) electrons. The number of halogens is 1. The molecule has 1 heterocycles. The van der Waals surface area contributed by atoms with Crippen LogP contribution in [-0.2, 0) is 18.4 Å². The van der Waals surface area contributed by atoms with Gasteiger partial charge in [0.25, 0.3) is 5.56 Å². The highest BCUT2D eigenvalue weighted by Gasteiger charge is 2.16. The molecule has 32 heavy (non-hydrogen) atoms. The second-order valence-corrected chi connectivity index (χ2v) is 8.38. The van der Waals surface area contributed by atoms with Gasteiger partial charge in [0.05, 0.1) is 23.0 Å². The molecule has 1 aliphatic rings. The third-order valence-electron chi connectivity index (χ3n) is 5.39. The van der Waals surface area contributed by atoms with Crippen molar-refractivity contribution in [3.63, 3.8) is 0 Å². The largest absolute Gasteiger partial charge is 0.383 e. The van der Waals surface area contributed by atoms with Crippen molar-refractivity contribution in [3.8, 4) is 0 Å². The molecule has 0 saturated heterocycles. The first kappa shape index (κ1) is 23.4. The molecular weight excluding hydrogens is 424 g/mol. The number of carbonyl (C=O) groups excluding carboxylic acids is 1. The molecule has 0 fully saturated rings. The summed E-state index contributed by atoms with van der Waals surface area (Å²) in [5, 5.41) is 0.918. The van der Waals surface area contributed by atoms with E-state index in [0.717, 1.165) is 23.1 Å². The van der Waals surface area contributed by atoms with Crippen LogP contribution in [0.25, 0.3) is 16.5 Å². The maximum atomic E-state index is 13.1. The van der Waals surface area contributed by atoms with E-state index in [2.05, 4.69) is 24.1 Å². The van der Waals surface area contributed by atoms with Crippen LogP contribution in [-0.4, -0.2) is 21.7 Å². The van der Waals surface area contributed by atoms with E-state index in [1.54, 1.807) is 24.6 Å². The van der Waals surface area contributed by atoms with Crippen LogP contribution in [0.3, 0.4) is 0 Å². The zero-order valence-electron chi connectivity index (χ0n) is 18.7. The Hall–Kier alpha value is -3.25. The topological polar surface area (TPSA) is 90.3 Å². The summed E-state index contributed by atoms with van der Waals surface area (Å²) in [5.41, 5.74) is 9.30. The Morgan fingerprint density at radius 3 is 2.78 bits per heavy atom. The Bertz CT molecular complexity index is 1280. The van der Waals surface area contributed by atoms with Crippen LogP contribution >= 0.6 is 11.6 Å². The van der Waals surface area contributed by atoms with Gasteiger partial charge in [-0.3, -0.25) is 19.1 Å². The van der Waals surface area contributed by atoms with E-state index >= 15 is 0 Å². The number of amidine groups is 1. The summed E-state index contributed by atoms with van der Waals surface area (Å²) in [6.45, 7) is 5.99. The van der Waals surface area contributed by atoms with E-state index in [9.17, 15) is 9.59 Å². The number of benzene rings is 1. The highest BCUT2D eigenvalue weighted by Crippen LogP contribution is 2.25. The lowest BCUT2D eigenvalue weighted by atomic mass is 9.98. The van der Waals surface area contributed by atoms with Crippen molar-refractivity contribution in [2.45, 2.75) is 33.7 Å². The van der Waals surface area contributed by atoms with E-state index in [4.69, 9.17) is 22.3 Å². The first-order chi connectivity index (χ1) is 15.2. The molecule has 1 aromatic heterocycles. The minimum absolute atomic E-state index is 0.0747. The molecule has 6 nitrogen and oxygen atoms in total. The van der Waals surface area contributed by atoms with Crippen molar-refractivity contribution in [2.75, 3.05) is 0 Å². The van der Waals surface area contributed by atoms with Crippen LogP contribution < -0.4 is 11.3 Å². The zero-order valence-corrected chi connectivity index (χ0v) is 19.5. The number of aromatic nitrogens is 2. The van der Waals surface area contributed by atoms with Gasteiger partial charge in [-0.05, 0) is 43.9 Å². The van der Waals surface area contributed by atoms with Crippen molar-refractivity contribution in [3.05, 3.63) is 80.4 Å². The lowest BCUT2D eigenvalue weighted by Crippen LogP contribution is -2.23. The van der Waals surface area contributed by atoms with Gasteiger partial charge in [-0.25, -0.2) is 4.98 Å². The van der Waals surface area contributed by atoms with Crippen LogP contribution in [0.5, 0.6) is 0 Å². The van der Waals surface area contributed by atoms with Crippen molar-refractivity contribution in [1.82, 2.24) is 9.55 Å². The quantitative estimate of drug-likeness (QED) is 0.233. The summed E-state index contributed by atoms with van der Waals surface area (Å²) in [6.07, 6.45) is 10.9. The number of aryl methyl sites for hydroxylation is 1.